The molecule has 6 aromatic carbocycles. The van der Waals surface area contributed by atoms with Crippen LogP contribution in [0.4, 0.5) is 0 Å². The second-order valence-electron chi connectivity index (χ2n) is 12.2. The molecule has 1 aliphatic carbocycles. The van der Waals surface area contributed by atoms with Crippen LogP contribution >= 0.6 is 41.5 Å². The maximum atomic E-state index is 5.62. The molecule has 230 valence electrons. The van der Waals surface area contributed by atoms with Crippen molar-refractivity contribution in [2.75, 3.05) is 0 Å². The lowest BCUT2D eigenvalue weighted by atomic mass is 10.0. The van der Waals surface area contributed by atoms with Gasteiger partial charge in [0.25, 0.3) is 0 Å². The molecular weight excluding hydrogens is 812 g/mol. The van der Waals surface area contributed by atoms with Crippen molar-refractivity contribution < 1.29 is 0 Å². The van der Waals surface area contributed by atoms with E-state index in [0.717, 1.165) is 6.42 Å². The zero-order valence-corrected chi connectivity index (χ0v) is 30.2. The molecule has 48 heavy (non-hydrogen) atoms. The molecule has 8 aromatic rings. The number of nitrogens with zero attached hydrogens (tertiary/aromatic N) is 3. The van der Waals surface area contributed by atoms with Gasteiger partial charge in [0.15, 0.2) is 3.84 Å². The number of rotatable bonds is 3. The van der Waals surface area contributed by atoms with Gasteiger partial charge in [-0.1, -0.05) is 146 Å². The monoisotopic (exact) mass is 841 g/mol. The van der Waals surface area contributed by atoms with Crippen LogP contribution in [-0.2, 0) is 0 Å². The summed E-state index contributed by atoms with van der Waals surface area (Å²) in [5.41, 5.74) is 7.73. The molecule has 0 N–H and O–H groups in total. The zero-order chi connectivity index (χ0) is 31.6. The van der Waals surface area contributed by atoms with Gasteiger partial charge >= 0.3 is 0 Å². The van der Waals surface area contributed by atoms with Crippen LogP contribution in [0.3, 0.4) is 0 Å². The third kappa shape index (κ3) is 4.47. The van der Waals surface area contributed by atoms with Crippen LogP contribution < -0.4 is 0 Å². The number of hydrogen-bond acceptors (Lipinski definition) is 1. The molecule has 0 fully saturated rings. The summed E-state index contributed by atoms with van der Waals surface area (Å²) >= 11 is -0.892. The van der Waals surface area contributed by atoms with Crippen molar-refractivity contribution in [3.63, 3.8) is 0 Å². The highest BCUT2D eigenvalue weighted by atomic mass is 127. The lowest BCUT2D eigenvalue weighted by molar-refractivity contribution is 0.649. The first kappa shape index (κ1) is 28.5. The quantitative estimate of drug-likeness (QED) is 0.158. The van der Waals surface area contributed by atoms with Crippen LogP contribution in [0, 0.1) is 0 Å². The Morgan fingerprint density at radius 2 is 1.10 bits per heavy atom. The van der Waals surface area contributed by atoms with Crippen LogP contribution in [0.25, 0.3) is 54.4 Å². The van der Waals surface area contributed by atoms with E-state index in [9.17, 15) is 0 Å². The molecule has 0 bridgehead atoms. The minimum atomic E-state index is -0.507. The van der Waals surface area contributed by atoms with Gasteiger partial charge in [0.2, 0.25) is 0 Å². The number of aliphatic imine (C=N–C) groups is 1. The molecule has 5 heteroatoms. The van der Waals surface area contributed by atoms with Crippen LogP contribution in [0.15, 0.2) is 163 Å². The van der Waals surface area contributed by atoms with Crippen LogP contribution in [0.2, 0.25) is 0 Å². The Morgan fingerprint density at radius 1 is 0.521 bits per heavy atom. The van der Waals surface area contributed by atoms with Crippen molar-refractivity contribution in [1.82, 2.24) is 9.13 Å². The average Bonchev–Trinajstić information content (AvgIpc) is 3.69. The van der Waals surface area contributed by atoms with Crippen molar-refractivity contribution >= 4 is 105 Å². The summed E-state index contributed by atoms with van der Waals surface area (Å²) in [4.78, 5) is 5.62. The van der Waals surface area contributed by atoms with Gasteiger partial charge in [0.1, 0.15) is 3.63 Å². The molecule has 0 amide bonds. The van der Waals surface area contributed by atoms with E-state index >= 15 is 0 Å². The maximum absolute atomic E-state index is 5.62. The standard InChI is InChI=1S/C43H29I2N3/c1-4-14-28(15-5-1)41-44-42(29-16-6-2-7-17-29)46-43(45-41)48-38-23-13-11-21-32(38)34-25-26-35-36(40(34)48)27-24-33-31-20-10-12-22-37(31)47(39(33)35)30-18-8-3-9-19-30/h1-18,20-27,30H,19H2. The summed E-state index contributed by atoms with van der Waals surface area (Å²) in [7, 11) is 0. The molecule has 2 aliphatic rings. The van der Waals surface area contributed by atoms with Gasteiger partial charge in [-0.25, -0.2) is 4.99 Å². The van der Waals surface area contributed by atoms with Crippen molar-refractivity contribution in [3.05, 3.63) is 169 Å². The van der Waals surface area contributed by atoms with E-state index in [1.807, 2.05) is 0 Å². The van der Waals surface area contributed by atoms with E-state index < -0.39 is 20.7 Å². The Hall–Kier alpha value is -4.47. The summed E-state index contributed by atoms with van der Waals surface area (Å²) in [5.74, 6) is 0. The van der Waals surface area contributed by atoms with E-state index in [4.69, 9.17) is 4.99 Å². The van der Waals surface area contributed by atoms with Gasteiger partial charge in [0, 0.05) is 43.4 Å². The molecule has 0 saturated heterocycles. The van der Waals surface area contributed by atoms with Crippen molar-refractivity contribution in [2.45, 2.75) is 12.5 Å². The molecule has 0 spiro atoms. The fourth-order valence-electron chi connectivity index (χ4n) is 7.41. The van der Waals surface area contributed by atoms with Crippen LogP contribution in [0.1, 0.15) is 23.6 Å². The van der Waals surface area contributed by atoms with E-state index in [0.29, 0.717) is 0 Å². The molecule has 2 aromatic heterocycles. The van der Waals surface area contributed by atoms with Crippen molar-refractivity contribution in [1.29, 1.82) is 0 Å². The molecule has 0 saturated carbocycles. The highest BCUT2D eigenvalue weighted by molar-refractivity contribution is 14.3. The Morgan fingerprint density at radius 3 is 1.81 bits per heavy atom. The van der Waals surface area contributed by atoms with Crippen LogP contribution in [-0.4, -0.2) is 18.1 Å². The summed E-state index contributed by atoms with van der Waals surface area (Å²) < 4.78 is 9.20. The molecule has 3 heterocycles. The highest BCUT2D eigenvalue weighted by Crippen LogP contribution is 2.43. The topological polar surface area (TPSA) is 22.2 Å². The molecule has 0 radical (unpaired) electrons. The van der Waals surface area contributed by atoms with Gasteiger partial charge < -0.3 is 4.57 Å². The minimum absolute atomic E-state index is 0.271. The number of fused-ring (bicyclic) bond motifs is 9. The zero-order valence-electron chi connectivity index (χ0n) is 25.9. The van der Waals surface area contributed by atoms with E-state index in [2.05, 4.69) is 167 Å². The third-order valence-corrected chi connectivity index (χ3v) is 17.0. The number of para-hydroxylation sites is 2. The first-order chi connectivity index (χ1) is 23.8. The summed E-state index contributed by atoms with van der Waals surface area (Å²) in [6.45, 7) is 0. The van der Waals surface area contributed by atoms with E-state index in [1.54, 1.807) is 1.52 Å². The van der Waals surface area contributed by atoms with E-state index in [-0.39, 0.29) is 26.8 Å². The predicted octanol–water partition coefficient (Wildman–Crippen LogP) is 11.6. The van der Waals surface area contributed by atoms with Gasteiger partial charge in [-0.2, -0.15) is 0 Å². The molecule has 1 unspecified atom stereocenters. The summed E-state index contributed by atoms with van der Waals surface area (Å²) in [6, 6.07) is 49.5. The van der Waals surface area contributed by atoms with Gasteiger partial charge in [-0.05, 0) is 65.6 Å². The number of allylic oxidation sites excluding steroid dienone is 4. The fraction of sp³-hybridized carbons (Fsp3) is 0.0465. The number of hydrogen-bond donors (Lipinski definition) is 0. The normalized spacial score (nSPS) is 16.6. The largest absolute Gasteiger partial charge is 0.333 e. The minimum Gasteiger partial charge on any atom is -0.333 e. The SMILES string of the molecule is C1=CCC(n2c3ccccc3c3ccc4c(ccc5c6ccccc6n(C6=NC(c7ccccc7)=IC(c7ccccc7)=I6)c54)c32)C=C1. The first-order valence-corrected chi connectivity index (χ1v) is 20.6. The summed E-state index contributed by atoms with van der Waals surface area (Å²) in [5, 5.41) is 7.78. The molecule has 10 rings (SSSR count). The third-order valence-electron chi connectivity index (χ3n) is 9.51. The van der Waals surface area contributed by atoms with Gasteiger partial charge in [-0.15, -0.1) is 0 Å². The van der Waals surface area contributed by atoms with Crippen LogP contribution in [0.5, 0.6) is 0 Å². The Balaban J connectivity index is 1.32. The predicted molar refractivity (Wildman–Crippen MR) is 224 cm³/mol. The second kappa shape index (κ2) is 11.6. The number of benzene rings is 6. The lowest BCUT2D eigenvalue weighted by Crippen LogP contribution is -2.13. The second-order valence-corrected chi connectivity index (χ2v) is 19.5. The van der Waals surface area contributed by atoms with Crippen molar-refractivity contribution in [2.24, 2.45) is 4.99 Å². The van der Waals surface area contributed by atoms with Crippen molar-refractivity contribution in [3.8, 4) is 0 Å². The maximum Gasteiger partial charge on any atom is 0.172 e. The van der Waals surface area contributed by atoms with Gasteiger partial charge in [0.05, 0.1) is 24.1 Å². The lowest BCUT2D eigenvalue weighted by Gasteiger charge is -2.20. The Labute approximate surface area is 298 Å². The molecule has 1 atom stereocenters. The average molecular weight is 842 g/mol. The Bertz CT molecular complexity index is 2700. The van der Waals surface area contributed by atoms with E-state index in [1.165, 1.54) is 73.0 Å². The molecule has 3 nitrogen and oxygen atoms in total. The Kier molecular flexibility index (Phi) is 6.89. The summed E-state index contributed by atoms with van der Waals surface area (Å²) in [6.07, 6.45) is 10.0. The number of halogens is 2. The fourth-order valence-corrected chi connectivity index (χ4v) is 15.5. The number of aromatic nitrogens is 2. The highest BCUT2D eigenvalue weighted by Gasteiger charge is 2.24. The molecular formula is C43H29I2N3. The first-order valence-electron chi connectivity index (χ1n) is 16.3. The van der Waals surface area contributed by atoms with Gasteiger partial charge in [-0.3, -0.25) is 4.57 Å². The smallest absolute Gasteiger partial charge is 0.172 e. The molecule has 1 aliphatic heterocycles.